The maximum absolute atomic E-state index is 12.8. The second-order valence-electron chi connectivity index (χ2n) is 6.30. The standard InChI is InChI=1S/C17H26N2OS.ClH/c1-2-18-11-13-7-9-19(10-8-13)17(20)15-12-21-16-6-4-3-5-14(15)16;/h12-13,18H,2-11H2,1H3;1H. The molecule has 22 heavy (non-hydrogen) atoms. The van der Waals surface area contributed by atoms with Crippen molar-refractivity contribution in [3.8, 4) is 0 Å². The highest BCUT2D eigenvalue weighted by molar-refractivity contribution is 7.10. The predicted octanol–water partition coefficient (Wildman–Crippen LogP) is 3.51. The first kappa shape index (κ1) is 17.8. The number of carbonyl (C=O) groups excluding carboxylic acids is 1. The van der Waals surface area contributed by atoms with Crippen molar-refractivity contribution < 1.29 is 4.79 Å². The number of fused-ring (bicyclic) bond motifs is 1. The van der Waals surface area contributed by atoms with E-state index in [4.69, 9.17) is 0 Å². The van der Waals surface area contributed by atoms with E-state index in [1.54, 1.807) is 11.3 Å². The summed E-state index contributed by atoms with van der Waals surface area (Å²) in [7, 11) is 0. The molecule has 1 aromatic heterocycles. The Morgan fingerprint density at radius 1 is 1.32 bits per heavy atom. The third-order valence-corrected chi connectivity index (χ3v) is 5.97. The molecule has 1 aromatic rings. The van der Waals surface area contributed by atoms with Crippen LogP contribution in [0.25, 0.3) is 0 Å². The van der Waals surface area contributed by atoms with E-state index >= 15 is 0 Å². The zero-order valence-corrected chi connectivity index (χ0v) is 15.0. The van der Waals surface area contributed by atoms with E-state index in [-0.39, 0.29) is 18.3 Å². The van der Waals surface area contributed by atoms with Crippen molar-refractivity contribution >= 4 is 29.7 Å². The summed E-state index contributed by atoms with van der Waals surface area (Å²) in [4.78, 5) is 16.3. The third-order valence-electron chi connectivity index (χ3n) is 4.88. The fraction of sp³-hybridized carbons (Fsp3) is 0.706. The van der Waals surface area contributed by atoms with Gasteiger partial charge in [0.25, 0.3) is 5.91 Å². The largest absolute Gasteiger partial charge is 0.339 e. The summed E-state index contributed by atoms with van der Waals surface area (Å²) in [6.07, 6.45) is 7.11. The molecule has 1 saturated heterocycles. The summed E-state index contributed by atoms with van der Waals surface area (Å²) in [5, 5.41) is 5.54. The van der Waals surface area contributed by atoms with Gasteiger partial charge >= 0.3 is 0 Å². The molecule has 1 amide bonds. The lowest BCUT2D eigenvalue weighted by molar-refractivity contribution is 0.0689. The molecular formula is C17H27ClN2OS. The molecule has 2 aliphatic rings. The Morgan fingerprint density at radius 3 is 2.77 bits per heavy atom. The Morgan fingerprint density at radius 2 is 2.05 bits per heavy atom. The number of hydrogen-bond acceptors (Lipinski definition) is 3. The number of carbonyl (C=O) groups is 1. The van der Waals surface area contributed by atoms with Gasteiger partial charge in [-0.15, -0.1) is 23.7 Å². The quantitative estimate of drug-likeness (QED) is 0.908. The molecule has 0 aromatic carbocycles. The fourth-order valence-electron chi connectivity index (χ4n) is 3.53. The van der Waals surface area contributed by atoms with Crippen LogP contribution < -0.4 is 5.32 Å². The Balaban J connectivity index is 0.00000176. The molecule has 1 aliphatic carbocycles. The highest BCUT2D eigenvalue weighted by Crippen LogP contribution is 2.31. The molecule has 2 heterocycles. The van der Waals surface area contributed by atoms with Gasteiger partial charge in [-0.05, 0) is 63.1 Å². The number of likely N-dealkylation sites (tertiary alicyclic amines) is 1. The molecule has 0 atom stereocenters. The predicted molar refractivity (Wildman–Crippen MR) is 95.4 cm³/mol. The first-order valence-electron chi connectivity index (χ1n) is 8.38. The molecule has 1 fully saturated rings. The van der Waals surface area contributed by atoms with Crippen LogP contribution in [0.15, 0.2) is 5.38 Å². The van der Waals surface area contributed by atoms with Crippen LogP contribution in [-0.4, -0.2) is 37.0 Å². The van der Waals surface area contributed by atoms with Gasteiger partial charge in [-0.2, -0.15) is 0 Å². The van der Waals surface area contributed by atoms with Gasteiger partial charge < -0.3 is 10.2 Å². The van der Waals surface area contributed by atoms with Crippen molar-refractivity contribution in [3.63, 3.8) is 0 Å². The molecule has 5 heteroatoms. The van der Waals surface area contributed by atoms with Crippen molar-refractivity contribution in [2.24, 2.45) is 5.92 Å². The summed E-state index contributed by atoms with van der Waals surface area (Å²) < 4.78 is 0. The maximum Gasteiger partial charge on any atom is 0.254 e. The summed E-state index contributed by atoms with van der Waals surface area (Å²) in [5.74, 6) is 1.03. The summed E-state index contributed by atoms with van der Waals surface area (Å²) in [5.41, 5.74) is 2.38. The average Bonchev–Trinajstić information content (AvgIpc) is 2.97. The molecule has 1 N–H and O–H groups in total. The molecule has 0 spiro atoms. The molecule has 0 unspecified atom stereocenters. The molecule has 0 radical (unpaired) electrons. The maximum atomic E-state index is 12.8. The van der Waals surface area contributed by atoms with Crippen LogP contribution in [0.5, 0.6) is 0 Å². The van der Waals surface area contributed by atoms with E-state index in [2.05, 4.69) is 22.5 Å². The van der Waals surface area contributed by atoms with Gasteiger partial charge in [0, 0.05) is 23.3 Å². The highest BCUT2D eigenvalue weighted by atomic mass is 35.5. The van der Waals surface area contributed by atoms with Gasteiger partial charge in [0.1, 0.15) is 0 Å². The van der Waals surface area contributed by atoms with E-state index in [9.17, 15) is 4.79 Å². The van der Waals surface area contributed by atoms with Crippen LogP contribution >= 0.6 is 23.7 Å². The topological polar surface area (TPSA) is 32.3 Å². The van der Waals surface area contributed by atoms with Gasteiger partial charge in [0.15, 0.2) is 0 Å². The monoisotopic (exact) mass is 342 g/mol. The molecule has 0 bridgehead atoms. The van der Waals surface area contributed by atoms with Crippen LogP contribution in [0.2, 0.25) is 0 Å². The van der Waals surface area contributed by atoms with Crippen molar-refractivity contribution in [2.75, 3.05) is 26.2 Å². The third kappa shape index (κ3) is 3.84. The van der Waals surface area contributed by atoms with Gasteiger partial charge in [-0.1, -0.05) is 6.92 Å². The van der Waals surface area contributed by atoms with Gasteiger partial charge in [-0.3, -0.25) is 4.79 Å². The number of thiophene rings is 1. The van der Waals surface area contributed by atoms with Gasteiger partial charge in [-0.25, -0.2) is 0 Å². The van der Waals surface area contributed by atoms with Gasteiger partial charge in [0.05, 0.1) is 5.56 Å². The van der Waals surface area contributed by atoms with Crippen LogP contribution in [0.3, 0.4) is 0 Å². The summed E-state index contributed by atoms with van der Waals surface area (Å²) in [6.45, 7) is 6.16. The zero-order valence-electron chi connectivity index (χ0n) is 13.4. The number of piperidine rings is 1. The summed E-state index contributed by atoms with van der Waals surface area (Å²) in [6, 6.07) is 0. The second kappa shape index (κ2) is 8.32. The van der Waals surface area contributed by atoms with E-state index < -0.39 is 0 Å². The van der Waals surface area contributed by atoms with Gasteiger partial charge in [0.2, 0.25) is 0 Å². The molecule has 3 rings (SSSR count). The minimum atomic E-state index is 0. The Labute approximate surface area is 143 Å². The number of rotatable bonds is 4. The van der Waals surface area contributed by atoms with Crippen molar-refractivity contribution in [1.29, 1.82) is 0 Å². The first-order chi connectivity index (χ1) is 10.3. The number of amides is 1. The molecule has 124 valence electrons. The zero-order chi connectivity index (χ0) is 14.7. The van der Waals surface area contributed by atoms with Crippen LogP contribution in [0, 0.1) is 5.92 Å². The lowest BCUT2D eigenvalue weighted by atomic mass is 9.93. The SMILES string of the molecule is CCNCC1CCN(C(=O)c2csc3c2CCCC3)CC1.Cl. The van der Waals surface area contributed by atoms with Crippen LogP contribution in [-0.2, 0) is 12.8 Å². The fourth-order valence-corrected chi connectivity index (χ4v) is 4.65. The molecule has 1 aliphatic heterocycles. The Hall–Kier alpha value is -0.580. The number of aryl methyl sites for hydroxylation is 1. The van der Waals surface area contributed by atoms with E-state index in [1.807, 2.05) is 0 Å². The number of hydrogen-bond donors (Lipinski definition) is 1. The van der Waals surface area contributed by atoms with E-state index in [0.29, 0.717) is 0 Å². The summed E-state index contributed by atoms with van der Waals surface area (Å²) >= 11 is 1.80. The van der Waals surface area contributed by atoms with E-state index in [1.165, 1.54) is 29.7 Å². The second-order valence-corrected chi connectivity index (χ2v) is 7.27. The number of nitrogens with one attached hydrogen (secondary N) is 1. The Kier molecular flexibility index (Phi) is 6.72. The molecular weight excluding hydrogens is 316 g/mol. The van der Waals surface area contributed by atoms with Crippen LogP contribution in [0.4, 0.5) is 0 Å². The van der Waals surface area contributed by atoms with Crippen molar-refractivity contribution in [3.05, 3.63) is 21.4 Å². The first-order valence-corrected chi connectivity index (χ1v) is 9.26. The normalized spacial score (nSPS) is 18.7. The number of halogens is 1. The lowest BCUT2D eigenvalue weighted by Gasteiger charge is -2.32. The van der Waals surface area contributed by atoms with E-state index in [0.717, 1.165) is 56.9 Å². The van der Waals surface area contributed by atoms with Crippen molar-refractivity contribution in [2.45, 2.75) is 45.4 Å². The molecule has 0 saturated carbocycles. The van der Waals surface area contributed by atoms with Crippen LogP contribution in [0.1, 0.15) is 53.4 Å². The average molecular weight is 343 g/mol. The highest BCUT2D eigenvalue weighted by Gasteiger charge is 2.27. The van der Waals surface area contributed by atoms with Crippen molar-refractivity contribution in [1.82, 2.24) is 10.2 Å². The Bertz CT molecular complexity index is 495. The minimum Gasteiger partial charge on any atom is -0.339 e. The number of nitrogens with zero attached hydrogens (tertiary/aromatic N) is 1. The minimum absolute atomic E-state index is 0. The smallest absolute Gasteiger partial charge is 0.254 e. The molecule has 3 nitrogen and oxygen atoms in total. The lowest BCUT2D eigenvalue weighted by Crippen LogP contribution is -2.41.